The molecule has 0 atom stereocenters. The molecular formula is C24H27N5O3S. The Bertz CT molecular complexity index is 1230. The van der Waals surface area contributed by atoms with Crippen LogP contribution >= 0.6 is 0 Å². The number of pyridine rings is 1. The number of hydrogen-bond donors (Lipinski definition) is 0. The Labute approximate surface area is 193 Å². The van der Waals surface area contributed by atoms with Crippen LogP contribution in [-0.2, 0) is 23.0 Å². The number of piperazine rings is 1. The molecule has 8 nitrogen and oxygen atoms in total. The molecule has 5 rings (SSSR count). The molecule has 3 aromatic rings. The van der Waals surface area contributed by atoms with Gasteiger partial charge in [0.1, 0.15) is 16.4 Å². The minimum Gasteiger partial charge on any atom is -0.335 e. The van der Waals surface area contributed by atoms with E-state index in [-0.39, 0.29) is 23.9 Å². The van der Waals surface area contributed by atoms with E-state index < -0.39 is 10.0 Å². The molecule has 0 spiro atoms. The Morgan fingerprint density at radius 3 is 2.39 bits per heavy atom. The monoisotopic (exact) mass is 465 g/mol. The largest absolute Gasteiger partial charge is 0.335 e. The van der Waals surface area contributed by atoms with Gasteiger partial charge in [0.25, 0.3) is 5.91 Å². The summed E-state index contributed by atoms with van der Waals surface area (Å²) in [6, 6.07) is 13.1. The first-order chi connectivity index (χ1) is 16.1. The van der Waals surface area contributed by atoms with E-state index in [1.807, 2.05) is 30.3 Å². The smallest absolute Gasteiger partial charge is 0.274 e. The summed E-state index contributed by atoms with van der Waals surface area (Å²) in [6.45, 7) is 2.04. The third-order valence-corrected chi connectivity index (χ3v) is 8.28. The molecule has 0 N–H and O–H groups in total. The molecule has 0 unspecified atom stereocenters. The molecule has 9 heteroatoms. The number of nitrogens with zero attached hydrogens (tertiary/aromatic N) is 5. The number of imidazole rings is 1. The van der Waals surface area contributed by atoms with Crippen LogP contribution in [0.5, 0.6) is 0 Å². The number of hydrogen-bond acceptors (Lipinski definition) is 5. The second-order valence-corrected chi connectivity index (χ2v) is 10.4. The van der Waals surface area contributed by atoms with Crippen molar-refractivity contribution in [2.45, 2.75) is 37.1 Å². The maximum atomic E-state index is 13.5. The fraction of sp³-hybridized carbons (Fsp3) is 0.375. The first-order valence-electron chi connectivity index (χ1n) is 11.4. The average Bonchev–Trinajstić information content (AvgIpc) is 3.05. The predicted octanol–water partition coefficient (Wildman–Crippen LogP) is 2.82. The minimum atomic E-state index is -3.61. The van der Waals surface area contributed by atoms with Crippen LogP contribution in [-0.4, -0.2) is 64.2 Å². The van der Waals surface area contributed by atoms with E-state index in [0.717, 1.165) is 49.3 Å². The van der Waals surface area contributed by atoms with Crippen LogP contribution in [0.25, 0.3) is 11.4 Å². The normalized spacial score (nSPS) is 17.4. The van der Waals surface area contributed by atoms with Gasteiger partial charge in [-0.3, -0.25) is 9.78 Å². The highest BCUT2D eigenvalue weighted by Crippen LogP contribution is 2.28. The van der Waals surface area contributed by atoms with Gasteiger partial charge < -0.3 is 9.47 Å². The summed E-state index contributed by atoms with van der Waals surface area (Å²) in [6.07, 6.45) is 6.98. The third-order valence-electron chi connectivity index (χ3n) is 6.40. The van der Waals surface area contributed by atoms with Gasteiger partial charge in [0.05, 0.1) is 5.69 Å². The molecule has 0 bridgehead atoms. The van der Waals surface area contributed by atoms with Crippen LogP contribution < -0.4 is 0 Å². The second-order valence-electron chi connectivity index (χ2n) is 8.44. The van der Waals surface area contributed by atoms with E-state index in [4.69, 9.17) is 4.98 Å². The van der Waals surface area contributed by atoms with Gasteiger partial charge in [-0.05, 0) is 31.4 Å². The van der Waals surface area contributed by atoms with Crippen molar-refractivity contribution >= 4 is 15.9 Å². The summed E-state index contributed by atoms with van der Waals surface area (Å²) in [5, 5.41) is 0. The Morgan fingerprint density at radius 1 is 0.879 bits per heavy atom. The zero-order valence-corrected chi connectivity index (χ0v) is 19.2. The number of carbonyl (C=O) groups excluding carboxylic acids is 1. The van der Waals surface area contributed by atoms with Crippen molar-refractivity contribution in [3.05, 3.63) is 66.2 Å². The van der Waals surface area contributed by atoms with Gasteiger partial charge >= 0.3 is 0 Å². The number of amides is 1. The van der Waals surface area contributed by atoms with Crippen molar-refractivity contribution < 1.29 is 13.2 Å². The predicted molar refractivity (Wildman–Crippen MR) is 124 cm³/mol. The topological polar surface area (TPSA) is 88.4 Å². The highest BCUT2D eigenvalue weighted by molar-refractivity contribution is 7.89. The zero-order valence-electron chi connectivity index (χ0n) is 18.4. The molecule has 0 radical (unpaired) electrons. The fourth-order valence-corrected chi connectivity index (χ4v) is 6.02. The van der Waals surface area contributed by atoms with Gasteiger partial charge in [-0.15, -0.1) is 0 Å². The van der Waals surface area contributed by atoms with Gasteiger partial charge in [-0.25, -0.2) is 13.4 Å². The van der Waals surface area contributed by atoms with Crippen molar-refractivity contribution in [3.8, 4) is 11.4 Å². The van der Waals surface area contributed by atoms with Crippen molar-refractivity contribution in [1.29, 1.82) is 0 Å². The standard InChI is InChI=1S/C24H27N5O3S/c30-24(27-14-16-28(17-15-27)33(31,32)20-10-7-12-25-18-20)22-21-11-5-2-6-13-29(21)23(26-22)19-8-3-1-4-9-19/h1,3-4,7-10,12,18H,2,5-6,11,13-17H2. The van der Waals surface area contributed by atoms with E-state index in [0.29, 0.717) is 18.8 Å². The molecule has 0 saturated carbocycles. The van der Waals surface area contributed by atoms with E-state index in [1.165, 1.54) is 10.5 Å². The SMILES string of the molecule is O=C(c1nc(-c2ccccc2)n2c1CCCCC2)N1CCN(S(=O)(=O)c2cccnc2)CC1. The van der Waals surface area contributed by atoms with Crippen molar-refractivity contribution in [2.24, 2.45) is 0 Å². The lowest BCUT2D eigenvalue weighted by Gasteiger charge is -2.33. The van der Waals surface area contributed by atoms with Crippen LogP contribution in [0.1, 0.15) is 35.4 Å². The highest BCUT2D eigenvalue weighted by Gasteiger charge is 2.33. The highest BCUT2D eigenvalue weighted by atomic mass is 32.2. The molecule has 2 aromatic heterocycles. The summed E-state index contributed by atoms with van der Waals surface area (Å²) in [5.74, 6) is 0.731. The van der Waals surface area contributed by atoms with Gasteiger partial charge in [-0.1, -0.05) is 36.8 Å². The molecule has 2 aliphatic heterocycles. The molecule has 1 amide bonds. The zero-order chi connectivity index (χ0) is 22.8. The van der Waals surface area contributed by atoms with E-state index in [2.05, 4.69) is 9.55 Å². The van der Waals surface area contributed by atoms with Crippen molar-refractivity contribution in [1.82, 2.24) is 23.7 Å². The van der Waals surface area contributed by atoms with Crippen LogP contribution in [0.3, 0.4) is 0 Å². The van der Waals surface area contributed by atoms with Gasteiger partial charge in [0.15, 0.2) is 0 Å². The number of sulfonamides is 1. The average molecular weight is 466 g/mol. The lowest BCUT2D eigenvalue weighted by molar-refractivity contribution is 0.0691. The molecule has 2 aliphatic rings. The van der Waals surface area contributed by atoms with Gasteiger partial charge in [0, 0.05) is 50.7 Å². The summed E-state index contributed by atoms with van der Waals surface area (Å²) in [5.41, 5.74) is 2.52. The summed E-state index contributed by atoms with van der Waals surface area (Å²) in [7, 11) is -3.61. The van der Waals surface area contributed by atoms with Crippen LogP contribution in [0.15, 0.2) is 59.8 Å². The number of aromatic nitrogens is 3. The second kappa shape index (κ2) is 9.07. The molecule has 1 fully saturated rings. The number of benzene rings is 1. The van der Waals surface area contributed by atoms with Crippen LogP contribution in [0.2, 0.25) is 0 Å². The lowest BCUT2D eigenvalue weighted by Crippen LogP contribution is -2.50. The molecule has 33 heavy (non-hydrogen) atoms. The summed E-state index contributed by atoms with van der Waals surface area (Å²) < 4.78 is 29.4. The van der Waals surface area contributed by atoms with Crippen molar-refractivity contribution in [2.75, 3.05) is 26.2 Å². The molecule has 0 aliphatic carbocycles. The van der Waals surface area contributed by atoms with Gasteiger partial charge in [0.2, 0.25) is 10.0 Å². The first kappa shape index (κ1) is 21.8. The lowest BCUT2D eigenvalue weighted by atomic mass is 10.1. The van der Waals surface area contributed by atoms with Gasteiger partial charge in [-0.2, -0.15) is 4.31 Å². The maximum Gasteiger partial charge on any atom is 0.274 e. The first-order valence-corrected chi connectivity index (χ1v) is 12.8. The molecule has 1 aromatic carbocycles. The number of rotatable bonds is 4. The maximum absolute atomic E-state index is 13.5. The number of fused-ring (bicyclic) bond motifs is 1. The van der Waals surface area contributed by atoms with E-state index in [1.54, 1.807) is 23.2 Å². The quantitative estimate of drug-likeness (QED) is 0.591. The summed E-state index contributed by atoms with van der Waals surface area (Å²) >= 11 is 0. The molecule has 4 heterocycles. The minimum absolute atomic E-state index is 0.110. The fourth-order valence-electron chi connectivity index (χ4n) is 4.63. The summed E-state index contributed by atoms with van der Waals surface area (Å²) in [4.78, 5) is 24.2. The van der Waals surface area contributed by atoms with Crippen LogP contribution in [0.4, 0.5) is 0 Å². The molecular weight excluding hydrogens is 438 g/mol. The Kier molecular flexibility index (Phi) is 5.99. The third kappa shape index (κ3) is 4.18. The van der Waals surface area contributed by atoms with E-state index >= 15 is 0 Å². The number of carbonyl (C=O) groups is 1. The van der Waals surface area contributed by atoms with Crippen molar-refractivity contribution in [3.63, 3.8) is 0 Å². The Balaban J connectivity index is 1.38. The molecule has 1 saturated heterocycles. The van der Waals surface area contributed by atoms with E-state index in [9.17, 15) is 13.2 Å². The van der Waals surface area contributed by atoms with Crippen LogP contribution in [0, 0.1) is 0 Å². The Morgan fingerprint density at radius 2 is 1.67 bits per heavy atom. The Hall–Kier alpha value is -3.04. The molecule has 172 valence electrons.